The van der Waals surface area contributed by atoms with Crippen molar-refractivity contribution in [1.29, 1.82) is 0 Å². The third-order valence-electron chi connectivity index (χ3n) is 13.0. The van der Waals surface area contributed by atoms with Crippen molar-refractivity contribution < 1.29 is 0 Å². The molecule has 0 amide bonds. The van der Waals surface area contributed by atoms with Crippen molar-refractivity contribution in [2.24, 2.45) is 0 Å². The molecular weight excluding hydrogens is 805 g/mol. The first kappa shape index (κ1) is 41.3. The van der Waals surface area contributed by atoms with Crippen LogP contribution in [0.5, 0.6) is 0 Å². The van der Waals surface area contributed by atoms with E-state index in [1.54, 1.807) is 0 Å². The molecule has 4 heteroatoms. The smallest absolute Gasteiger partial charge is 0.0775 e. The van der Waals surface area contributed by atoms with Gasteiger partial charge in [-0.3, -0.25) is 0 Å². The molecule has 0 N–H and O–H groups in total. The average molecular weight is 861 g/mol. The van der Waals surface area contributed by atoms with Gasteiger partial charge in [-0.1, -0.05) is 183 Å². The van der Waals surface area contributed by atoms with Crippen molar-refractivity contribution in [2.45, 2.75) is 53.1 Å². The van der Waals surface area contributed by atoms with E-state index in [0.717, 1.165) is 34.1 Å². The van der Waals surface area contributed by atoms with Gasteiger partial charge in [0, 0.05) is 44.3 Å². The maximum absolute atomic E-state index is 2.50. The molecule has 10 rings (SSSR count). The van der Waals surface area contributed by atoms with Crippen LogP contribution in [0.15, 0.2) is 194 Å². The van der Waals surface area contributed by atoms with Crippen molar-refractivity contribution >= 4 is 93.0 Å². The second-order valence-electron chi connectivity index (χ2n) is 19.6. The fourth-order valence-electron chi connectivity index (χ4n) is 9.65. The molecule has 0 fully saturated rings. The second kappa shape index (κ2) is 16.1. The first-order valence-corrected chi connectivity index (χ1v) is 29.7. The van der Waals surface area contributed by atoms with Crippen LogP contribution in [0.3, 0.4) is 0 Å². The Morgan fingerprint density at radius 2 is 0.672 bits per heavy atom. The Labute approximate surface area is 381 Å². The lowest BCUT2D eigenvalue weighted by Crippen LogP contribution is -2.37. The third-order valence-corrected chi connectivity index (χ3v) is 17.1. The molecular formula is C60H56N2Si2. The van der Waals surface area contributed by atoms with E-state index in [-0.39, 0.29) is 0 Å². The van der Waals surface area contributed by atoms with E-state index in [9.17, 15) is 0 Å². The van der Waals surface area contributed by atoms with Crippen molar-refractivity contribution in [3.63, 3.8) is 0 Å². The van der Waals surface area contributed by atoms with Gasteiger partial charge in [-0.15, -0.1) is 0 Å². The SMILES string of the molecule is Cc1cccc(N(c2ccc([Si](C)(C)C)cc2)c2cc(-c3ccccc3)c3ccc4c(N(c5ccc([Si](C)(C)C)cc5)c5cccc(C)c5)cc(-c5ccccc5)c5ccc2c3c54)c1. The minimum absolute atomic E-state index is 1.15. The van der Waals surface area contributed by atoms with Crippen LogP contribution in [0.2, 0.25) is 39.3 Å². The molecule has 0 radical (unpaired) electrons. The molecule has 0 atom stereocenters. The van der Waals surface area contributed by atoms with Crippen LogP contribution in [0.25, 0.3) is 54.6 Å². The van der Waals surface area contributed by atoms with E-state index >= 15 is 0 Å². The van der Waals surface area contributed by atoms with Gasteiger partial charge in [0.25, 0.3) is 0 Å². The van der Waals surface area contributed by atoms with Crippen molar-refractivity contribution in [1.82, 2.24) is 0 Å². The Morgan fingerprint density at radius 1 is 0.312 bits per heavy atom. The third kappa shape index (κ3) is 7.51. The summed E-state index contributed by atoms with van der Waals surface area (Å²) < 4.78 is 0. The van der Waals surface area contributed by atoms with Gasteiger partial charge < -0.3 is 9.80 Å². The molecule has 0 heterocycles. The zero-order valence-corrected chi connectivity index (χ0v) is 40.4. The molecule has 64 heavy (non-hydrogen) atoms. The minimum atomic E-state index is -1.53. The van der Waals surface area contributed by atoms with Gasteiger partial charge >= 0.3 is 0 Å². The minimum Gasteiger partial charge on any atom is -0.310 e. The largest absolute Gasteiger partial charge is 0.310 e. The van der Waals surface area contributed by atoms with Gasteiger partial charge in [0.05, 0.1) is 27.5 Å². The monoisotopic (exact) mass is 860 g/mol. The summed E-state index contributed by atoms with van der Waals surface area (Å²) in [5.74, 6) is 0. The Balaban J connectivity index is 1.35. The van der Waals surface area contributed by atoms with Crippen LogP contribution in [-0.2, 0) is 0 Å². The molecule has 314 valence electrons. The molecule has 0 spiro atoms. The van der Waals surface area contributed by atoms with Gasteiger partial charge in [0.15, 0.2) is 0 Å². The van der Waals surface area contributed by atoms with E-state index in [4.69, 9.17) is 0 Å². The Kier molecular flexibility index (Phi) is 10.4. The number of hydrogen-bond acceptors (Lipinski definition) is 2. The fourth-order valence-corrected chi connectivity index (χ4v) is 12.0. The number of anilines is 6. The molecule has 0 bridgehead atoms. The molecule has 0 aliphatic rings. The summed E-state index contributed by atoms with van der Waals surface area (Å²) in [5, 5.41) is 10.4. The summed E-state index contributed by atoms with van der Waals surface area (Å²) in [4.78, 5) is 4.99. The number of aryl methyl sites for hydroxylation is 2. The van der Waals surface area contributed by atoms with Crippen LogP contribution in [-0.4, -0.2) is 16.1 Å². The van der Waals surface area contributed by atoms with Crippen molar-refractivity contribution in [3.05, 3.63) is 205 Å². The van der Waals surface area contributed by atoms with Crippen LogP contribution in [0, 0.1) is 13.8 Å². The molecule has 0 unspecified atom stereocenters. The predicted molar refractivity (Wildman–Crippen MR) is 286 cm³/mol. The molecule has 0 saturated carbocycles. The second-order valence-corrected chi connectivity index (χ2v) is 29.8. The molecule has 10 aromatic rings. The van der Waals surface area contributed by atoms with E-state index in [1.807, 2.05) is 0 Å². The topological polar surface area (TPSA) is 6.48 Å². The number of rotatable bonds is 10. The standard InChI is InChI=1S/C60H56N2Si2/c1-41-17-15-23-47(37-41)61(45-25-29-49(30-26-45)63(3,4)5)57-39-55(43-19-11-9-12-20-43)51-34-36-54-58(40-56(44-21-13-10-14-22-44)52-33-35-53(57)59(51)60(52)54)62(48-24-16-18-42(2)38-48)46-27-31-50(32-28-46)64(6,7)8/h9-40H,1-8H3. The van der Waals surface area contributed by atoms with E-state index < -0.39 is 16.1 Å². The van der Waals surface area contributed by atoms with E-state index in [0.29, 0.717) is 0 Å². The number of nitrogens with zero attached hydrogens (tertiary/aromatic N) is 2. The lowest BCUT2D eigenvalue weighted by molar-refractivity contribution is 1.28. The van der Waals surface area contributed by atoms with Crippen molar-refractivity contribution in [3.8, 4) is 22.3 Å². The van der Waals surface area contributed by atoms with E-state index in [1.165, 1.54) is 76.1 Å². The van der Waals surface area contributed by atoms with Gasteiger partial charge in [0.2, 0.25) is 0 Å². The zero-order chi connectivity index (χ0) is 44.3. The van der Waals surface area contributed by atoms with Gasteiger partial charge in [-0.05, 0) is 119 Å². The maximum atomic E-state index is 2.50. The van der Waals surface area contributed by atoms with Crippen LogP contribution in [0.1, 0.15) is 11.1 Å². The molecule has 0 saturated heterocycles. The average Bonchev–Trinajstić information content (AvgIpc) is 3.29. The number of hydrogen-bond donors (Lipinski definition) is 0. The summed E-state index contributed by atoms with van der Waals surface area (Å²) in [6.07, 6.45) is 0. The summed E-state index contributed by atoms with van der Waals surface area (Å²) in [6.45, 7) is 18.9. The summed E-state index contributed by atoms with van der Waals surface area (Å²) in [5.41, 5.74) is 14.2. The highest BCUT2D eigenvalue weighted by Crippen LogP contribution is 2.52. The highest BCUT2D eigenvalue weighted by Gasteiger charge is 2.27. The first-order chi connectivity index (χ1) is 30.8. The summed E-state index contributed by atoms with van der Waals surface area (Å²) in [7, 11) is -3.06. The van der Waals surface area contributed by atoms with Crippen LogP contribution >= 0.6 is 0 Å². The first-order valence-electron chi connectivity index (χ1n) is 22.7. The zero-order valence-electron chi connectivity index (χ0n) is 38.4. The van der Waals surface area contributed by atoms with Gasteiger partial charge in [-0.2, -0.15) is 0 Å². The maximum Gasteiger partial charge on any atom is 0.0775 e. The quantitative estimate of drug-likeness (QED) is 0.0998. The molecule has 0 aliphatic heterocycles. The summed E-state index contributed by atoms with van der Waals surface area (Å²) in [6, 6.07) is 73.2. The lowest BCUT2D eigenvalue weighted by atomic mass is 9.85. The number of benzene rings is 10. The van der Waals surface area contributed by atoms with Gasteiger partial charge in [-0.25, -0.2) is 0 Å². The predicted octanol–water partition coefficient (Wildman–Crippen LogP) is 16.6. The Morgan fingerprint density at radius 3 is 1.02 bits per heavy atom. The van der Waals surface area contributed by atoms with Crippen molar-refractivity contribution in [2.75, 3.05) is 9.80 Å². The van der Waals surface area contributed by atoms with Crippen LogP contribution < -0.4 is 20.2 Å². The molecule has 2 nitrogen and oxygen atoms in total. The van der Waals surface area contributed by atoms with Gasteiger partial charge in [0.1, 0.15) is 0 Å². The lowest BCUT2D eigenvalue weighted by Gasteiger charge is -2.31. The molecule has 10 aromatic carbocycles. The Bertz CT molecular complexity index is 3060. The van der Waals surface area contributed by atoms with E-state index in [2.05, 4.69) is 257 Å². The molecule has 0 aromatic heterocycles. The highest BCUT2D eigenvalue weighted by atomic mass is 28.3. The Hall–Kier alpha value is -6.73. The normalized spacial score (nSPS) is 12.1. The highest BCUT2D eigenvalue weighted by molar-refractivity contribution is 6.89. The fraction of sp³-hybridized carbons (Fsp3) is 0.133. The summed E-state index contributed by atoms with van der Waals surface area (Å²) >= 11 is 0. The molecule has 0 aliphatic carbocycles. The van der Waals surface area contributed by atoms with Crippen LogP contribution in [0.4, 0.5) is 34.1 Å².